The summed E-state index contributed by atoms with van der Waals surface area (Å²) in [7, 11) is -2.57. The number of ether oxygens (including phenoxy) is 1. The quantitative estimate of drug-likeness (QED) is 0.563. The lowest BCUT2D eigenvalue weighted by Gasteiger charge is -1.97. The second-order valence-electron chi connectivity index (χ2n) is 1.77. The van der Waals surface area contributed by atoms with Gasteiger partial charge in [0.2, 0.25) is 0 Å². The first-order valence-electron chi connectivity index (χ1n) is 2.85. The standard InChI is InChI=1S/C5H10O4S/c1-3-4-10(7,8)5(6)9-2/h3-4H2,1-2H3. The fourth-order valence-electron chi connectivity index (χ4n) is 0.479. The van der Waals surface area contributed by atoms with Gasteiger partial charge in [0.25, 0.3) is 9.84 Å². The highest BCUT2D eigenvalue weighted by molar-refractivity contribution is 8.05. The molecule has 0 aliphatic carbocycles. The van der Waals surface area contributed by atoms with E-state index in [2.05, 4.69) is 4.74 Å². The van der Waals surface area contributed by atoms with Crippen molar-refractivity contribution >= 4 is 15.1 Å². The smallest absolute Gasteiger partial charge is 0.424 e. The lowest BCUT2D eigenvalue weighted by Crippen LogP contribution is -2.17. The Morgan fingerprint density at radius 1 is 1.50 bits per heavy atom. The number of carbonyl (C=O) groups excluding carboxylic acids is 1. The molecule has 0 N–H and O–H groups in total. The monoisotopic (exact) mass is 166 g/mol. The van der Waals surface area contributed by atoms with E-state index in [1.807, 2.05) is 0 Å². The molecule has 4 nitrogen and oxygen atoms in total. The summed E-state index contributed by atoms with van der Waals surface area (Å²) < 4.78 is 25.4. The van der Waals surface area contributed by atoms with Crippen LogP contribution in [-0.2, 0) is 14.6 Å². The van der Waals surface area contributed by atoms with Gasteiger partial charge in [-0.2, -0.15) is 0 Å². The zero-order valence-corrected chi connectivity index (χ0v) is 6.77. The first-order chi connectivity index (χ1) is 4.54. The van der Waals surface area contributed by atoms with Gasteiger partial charge < -0.3 is 4.74 Å². The molecule has 0 amide bonds. The first-order valence-corrected chi connectivity index (χ1v) is 4.50. The Balaban J connectivity index is 4.27. The Kier molecular flexibility index (Phi) is 3.35. The molecule has 0 aromatic rings. The van der Waals surface area contributed by atoms with Gasteiger partial charge in [-0.15, -0.1) is 0 Å². The minimum Gasteiger partial charge on any atom is -0.457 e. The van der Waals surface area contributed by atoms with Crippen LogP contribution in [0.1, 0.15) is 13.3 Å². The lowest BCUT2D eigenvalue weighted by molar-refractivity contribution is 0.197. The van der Waals surface area contributed by atoms with Crippen LogP contribution in [0.4, 0.5) is 4.79 Å². The maximum atomic E-state index is 10.7. The summed E-state index contributed by atoms with van der Waals surface area (Å²) in [6, 6.07) is 0. The predicted molar refractivity (Wildman–Crippen MR) is 36.5 cm³/mol. The van der Waals surface area contributed by atoms with Crippen LogP contribution in [-0.4, -0.2) is 26.6 Å². The zero-order valence-electron chi connectivity index (χ0n) is 5.96. The van der Waals surface area contributed by atoms with Gasteiger partial charge >= 0.3 is 5.30 Å². The van der Waals surface area contributed by atoms with Crippen molar-refractivity contribution in [3.8, 4) is 0 Å². The topological polar surface area (TPSA) is 60.4 Å². The molecular formula is C5H10O4S. The lowest BCUT2D eigenvalue weighted by atomic mass is 10.6. The maximum absolute atomic E-state index is 10.7. The van der Waals surface area contributed by atoms with E-state index >= 15 is 0 Å². The van der Waals surface area contributed by atoms with Crippen LogP contribution in [0.15, 0.2) is 0 Å². The molecule has 0 aromatic heterocycles. The van der Waals surface area contributed by atoms with Gasteiger partial charge in [-0.05, 0) is 6.42 Å². The molecule has 0 saturated carbocycles. The van der Waals surface area contributed by atoms with Crippen LogP contribution in [0.2, 0.25) is 0 Å². The fraction of sp³-hybridized carbons (Fsp3) is 0.800. The molecule has 0 aliphatic rings. The molecule has 0 radical (unpaired) electrons. The Labute approximate surface area is 60.1 Å². The second kappa shape index (κ2) is 3.55. The molecule has 10 heavy (non-hydrogen) atoms. The van der Waals surface area contributed by atoms with E-state index in [1.54, 1.807) is 6.92 Å². The van der Waals surface area contributed by atoms with Crippen molar-refractivity contribution in [1.29, 1.82) is 0 Å². The molecule has 0 fully saturated rings. The van der Waals surface area contributed by atoms with Crippen LogP contribution >= 0.6 is 0 Å². The summed E-state index contributed by atoms with van der Waals surface area (Å²) in [6.45, 7) is 1.68. The summed E-state index contributed by atoms with van der Waals surface area (Å²) >= 11 is 0. The minimum absolute atomic E-state index is 0.139. The van der Waals surface area contributed by atoms with E-state index in [9.17, 15) is 13.2 Å². The molecule has 0 heterocycles. The van der Waals surface area contributed by atoms with E-state index in [-0.39, 0.29) is 5.75 Å². The summed E-state index contributed by atoms with van der Waals surface area (Å²) in [5, 5.41) is -1.14. The molecule has 0 bridgehead atoms. The van der Waals surface area contributed by atoms with Gasteiger partial charge in [0.15, 0.2) is 0 Å². The average Bonchev–Trinajstić information content (AvgIpc) is 1.86. The normalized spacial score (nSPS) is 11.0. The number of carbonyl (C=O) groups is 1. The number of hydrogen-bond acceptors (Lipinski definition) is 4. The number of hydrogen-bond donors (Lipinski definition) is 0. The van der Waals surface area contributed by atoms with Gasteiger partial charge in [0.1, 0.15) is 0 Å². The van der Waals surface area contributed by atoms with E-state index in [1.165, 1.54) is 0 Å². The van der Waals surface area contributed by atoms with Crippen LogP contribution in [0.3, 0.4) is 0 Å². The predicted octanol–water partition coefficient (Wildman–Crippen LogP) is 0.578. The van der Waals surface area contributed by atoms with Crippen molar-refractivity contribution in [1.82, 2.24) is 0 Å². The first kappa shape index (κ1) is 9.42. The molecular weight excluding hydrogens is 156 g/mol. The SMILES string of the molecule is CCCS(=O)(=O)C(=O)OC. The number of rotatable bonds is 2. The summed E-state index contributed by atoms with van der Waals surface area (Å²) in [5.74, 6) is -0.139. The zero-order chi connectivity index (χ0) is 8.20. The summed E-state index contributed by atoms with van der Waals surface area (Å²) in [6.07, 6.45) is 0.428. The molecule has 0 unspecified atom stereocenters. The van der Waals surface area contributed by atoms with E-state index < -0.39 is 15.1 Å². The van der Waals surface area contributed by atoms with Gasteiger partial charge in [-0.1, -0.05) is 6.92 Å². The van der Waals surface area contributed by atoms with E-state index in [4.69, 9.17) is 0 Å². The molecule has 0 atom stereocenters. The Morgan fingerprint density at radius 2 is 2.00 bits per heavy atom. The van der Waals surface area contributed by atoms with Crippen LogP contribution in [0.25, 0.3) is 0 Å². The highest BCUT2D eigenvalue weighted by Crippen LogP contribution is 1.96. The molecule has 5 heteroatoms. The van der Waals surface area contributed by atoms with Crippen molar-refractivity contribution < 1.29 is 17.9 Å². The molecule has 0 spiro atoms. The van der Waals surface area contributed by atoms with Gasteiger partial charge in [-0.3, -0.25) is 0 Å². The summed E-state index contributed by atoms with van der Waals surface area (Å²) in [4.78, 5) is 10.4. The van der Waals surface area contributed by atoms with Gasteiger partial charge in [0, 0.05) is 0 Å². The molecule has 0 aromatic carbocycles. The second-order valence-corrected chi connectivity index (χ2v) is 3.74. The maximum Gasteiger partial charge on any atom is 0.424 e. The van der Waals surface area contributed by atoms with Crippen LogP contribution in [0, 0.1) is 0 Å². The molecule has 60 valence electrons. The van der Waals surface area contributed by atoms with Crippen LogP contribution < -0.4 is 0 Å². The molecule has 0 rings (SSSR count). The van der Waals surface area contributed by atoms with E-state index in [0.717, 1.165) is 7.11 Å². The third-order valence-electron chi connectivity index (χ3n) is 0.893. The largest absolute Gasteiger partial charge is 0.457 e. The Morgan fingerprint density at radius 3 is 2.30 bits per heavy atom. The minimum atomic E-state index is -3.62. The van der Waals surface area contributed by atoms with Crippen molar-refractivity contribution in [2.75, 3.05) is 12.9 Å². The van der Waals surface area contributed by atoms with Crippen molar-refractivity contribution in [2.45, 2.75) is 13.3 Å². The van der Waals surface area contributed by atoms with E-state index in [0.29, 0.717) is 6.42 Å². The Bertz CT molecular complexity index is 204. The number of methoxy groups -OCH3 is 1. The molecule has 0 saturated heterocycles. The summed E-state index contributed by atoms with van der Waals surface area (Å²) in [5.41, 5.74) is 0. The highest BCUT2D eigenvalue weighted by atomic mass is 32.2. The van der Waals surface area contributed by atoms with Gasteiger partial charge in [0.05, 0.1) is 12.9 Å². The van der Waals surface area contributed by atoms with Crippen molar-refractivity contribution in [3.05, 3.63) is 0 Å². The Hall–Kier alpha value is -0.580. The number of sulfone groups is 1. The van der Waals surface area contributed by atoms with Crippen molar-refractivity contribution in [2.24, 2.45) is 0 Å². The van der Waals surface area contributed by atoms with Gasteiger partial charge in [-0.25, -0.2) is 13.2 Å². The van der Waals surface area contributed by atoms with Crippen molar-refractivity contribution in [3.63, 3.8) is 0 Å². The third-order valence-corrected chi connectivity index (χ3v) is 2.51. The highest BCUT2D eigenvalue weighted by Gasteiger charge is 2.20. The fourth-order valence-corrected chi connectivity index (χ4v) is 1.44. The molecule has 0 aliphatic heterocycles. The van der Waals surface area contributed by atoms with Crippen LogP contribution in [0.5, 0.6) is 0 Å². The third kappa shape index (κ3) is 2.34. The average molecular weight is 166 g/mol.